The molecule has 0 aliphatic rings. The summed E-state index contributed by atoms with van der Waals surface area (Å²) in [4.78, 5) is 0.000201. The van der Waals surface area contributed by atoms with Gasteiger partial charge in [-0.15, -0.1) is 0 Å². The number of fused-ring (bicyclic) bond motifs is 1. The molecule has 2 rings (SSSR count). The van der Waals surface area contributed by atoms with Crippen LogP contribution in [0.1, 0.15) is 179 Å². The molecular weight excluding hydrogens is 576 g/mol. The van der Waals surface area contributed by atoms with Crippen LogP contribution in [0.4, 0.5) is 0 Å². The van der Waals surface area contributed by atoms with E-state index in [9.17, 15) is 13.0 Å². The minimum absolute atomic E-state index is 0. The summed E-state index contributed by atoms with van der Waals surface area (Å²) in [7, 11) is -4.51. The van der Waals surface area contributed by atoms with Gasteiger partial charge in [0.15, 0.2) is 0 Å². The van der Waals surface area contributed by atoms with Gasteiger partial charge in [0.1, 0.15) is 10.1 Å². The van der Waals surface area contributed by atoms with E-state index in [2.05, 4.69) is 32.0 Å². The van der Waals surface area contributed by atoms with Crippen LogP contribution < -0.4 is 51.4 Å². The van der Waals surface area contributed by atoms with Gasteiger partial charge < -0.3 is 4.55 Å². The van der Waals surface area contributed by atoms with Crippen molar-refractivity contribution in [3.8, 4) is 0 Å². The van der Waals surface area contributed by atoms with E-state index in [1.54, 1.807) is 6.07 Å². The van der Waals surface area contributed by atoms with Gasteiger partial charge in [0, 0.05) is 0 Å². The number of hydrogen-bond acceptors (Lipinski definition) is 3. The minimum Gasteiger partial charge on any atom is -0.744 e. The second-order valence-electron chi connectivity index (χ2n) is 12.8. The van der Waals surface area contributed by atoms with Crippen molar-refractivity contribution >= 4 is 20.9 Å². The van der Waals surface area contributed by atoms with E-state index in [0.717, 1.165) is 36.5 Å². The van der Waals surface area contributed by atoms with Crippen molar-refractivity contribution in [1.82, 2.24) is 0 Å². The second kappa shape index (κ2) is 26.3. The van der Waals surface area contributed by atoms with Crippen LogP contribution in [-0.4, -0.2) is 13.0 Å². The Kier molecular flexibility index (Phi) is 25.3. The topological polar surface area (TPSA) is 57.2 Å². The largest absolute Gasteiger partial charge is 1.00 e. The predicted molar refractivity (Wildman–Crippen MR) is 181 cm³/mol. The molecule has 0 saturated heterocycles. The normalized spacial score (nSPS) is 11.7. The number of benzene rings is 2. The van der Waals surface area contributed by atoms with Crippen LogP contribution in [-0.2, 0) is 23.0 Å². The van der Waals surface area contributed by atoms with Crippen molar-refractivity contribution in [1.29, 1.82) is 0 Å². The molecule has 0 aromatic heterocycles. The van der Waals surface area contributed by atoms with Crippen LogP contribution >= 0.6 is 0 Å². The van der Waals surface area contributed by atoms with Crippen LogP contribution in [0.25, 0.3) is 10.8 Å². The number of aryl methyl sites for hydroxylation is 2. The van der Waals surface area contributed by atoms with E-state index >= 15 is 0 Å². The molecule has 2 aromatic rings. The summed E-state index contributed by atoms with van der Waals surface area (Å²) in [6.07, 6.45) is 32.7. The first kappa shape index (κ1) is 41.3. The Labute approximate surface area is 309 Å². The second-order valence-corrected chi connectivity index (χ2v) is 14.2. The maximum atomic E-state index is 12.2. The van der Waals surface area contributed by atoms with Gasteiger partial charge in [0.05, 0.1) is 4.90 Å². The first-order valence-corrected chi connectivity index (χ1v) is 19.4. The summed E-state index contributed by atoms with van der Waals surface area (Å²) >= 11 is 0. The van der Waals surface area contributed by atoms with Crippen LogP contribution in [0.2, 0.25) is 0 Å². The van der Waals surface area contributed by atoms with Gasteiger partial charge in [-0.1, -0.05) is 173 Å². The van der Waals surface area contributed by atoms with Crippen molar-refractivity contribution in [2.45, 2.75) is 186 Å². The van der Waals surface area contributed by atoms with Gasteiger partial charge in [-0.25, -0.2) is 8.42 Å². The first-order chi connectivity index (χ1) is 20.5. The summed E-state index contributed by atoms with van der Waals surface area (Å²) < 4.78 is 36.7. The Hall–Kier alpha value is 0.246. The third kappa shape index (κ3) is 18.9. The molecule has 43 heavy (non-hydrogen) atoms. The summed E-state index contributed by atoms with van der Waals surface area (Å²) in [5.41, 5.74) is 1.87. The monoisotopic (exact) mass is 638 g/mol. The zero-order valence-corrected chi connectivity index (χ0v) is 32.3. The molecule has 0 fully saturated rings. The predicted octanol–water partition coefficient (Wildman–Crippen LogP) is 9.24. The fourth-order valence-corrected chi connectivity index (χ4v) is 7.12. The molecule has 0 N–H and O–H groups in total. The van der Waals surface area contributed by atoms with Gasteiger partial charge in [0.25, 0.3) is 0 Å². The molecule has 0 atom stereocenters. The zero-order chi connectivity index (χ0) is 30.3. The van der Waals surface area contributed by atoms with Crippen LogP contribution in [0.15, 0.2) is 35.2 Å². The van der Waals surface area contributed by atoms with E-state index in [-0.39, 0.29) is 56.3 Å². The molecule has 3 nitrogen and oxygen atoms in total. The molecule has 0 aliphatic carbocycles. The molecule has 0 amide bonds. The molecule has 0 saturated carbocycles. The summed E-state index contributed by atoms with van der Waals surface area (Å²) in [6, 6.07) is 9.91. The maximum Gasteiger partial charge on any atom is 1.00 e. The molecule has 5 heteroatoms. The van der Waals surface area contributed by atoms with E-state index in [4.69, 9.17) is 0 Å². The van der Waals surface area contributed by atoms with Crippen LogP contribution in [0, 0.1) is 0 Å². The van der Waals surface area contributed by atoms with Crippen LogP contribution in [0.5, 0.6) is 0 Å². The van der Waals surface area contributed by atoms with Crippen molar-refractivity contribution in [2.24, 2.45) is 0 Å². The van der Waals surface area contributed by atoms with Gasteiger partial charge in [-0.05, 0) is 59.7 Å². The summed E-state index contributed by atoms with van der Waals surface area (Å²) in [5, 5.41) is 2.00. The molecule has 0 heterocycles. The van der Waals surface area contributed by atoms with Gasteiger partial charge in [-0.3, -0.25) is 0 Å². The average Bonchev–Trinajstić information content (AvgIpc) is 2.97. The van der Waals surface area contributed by atoms with Gasteiger partial charge >= 0.3 is 51.4 Å². The molecule has 0 bridgehead atoms. The van der Waals surface area contributed by atoms with Crippen LogP contribution in [0.3, 0.4) is 0 Å². The van der Waals surface area contributed by atoms with Crippen molar-refractivity contribution < 1.29 is 64.4 Å². The van der Waals surface area contributed by atoms with Crippen molar-refractivity contribution in [3.05, 3.63) is 41.5 Å². The number of hydrogen-bond donors (Lipinski definition) is 0. The molecule has 0 aliphatic heterocycles. The third-order valence-corrected chi connectivity index (χ3v) is 9.94. The Morgan fingerprint density at radius 2 is 0.884 bits per heavy atom. The average molecular weight is 639 g/mol. The van der Waals surface area contributed by atoms with E-state index in [0.29, 0.717) is 12.0 Å². The standard InChI is InChI=1S/C38H64O3S.K/c1-3-5-7-9-11-13-15-17-19-21-23-25-28-34-30-27-31-35-32-36(38(33-37(34)35)42(39,40)41)29-26-24-22-20-18-16-14-12-10-8-6-4-2;/h27,30-33H,3-26,28-29H2,1-2H3,(H,39,40,41);/q;+1/p-1. The SMILES string of the molecule is CCCCCCCCCCCCCCc1cc2cccc(CCCCCCCCCCCCCC)c2cc1S(=O)(=O)[O-].[K+]. The fourth-order valence-electron chi connectivity index (χ4n) is 6.38. The molecule has 0 spiro atoms. The number of rotatable bonds is 27. The smallest absolute Gasteiger partial charge is 0.744 e. The Morgan fingerprint density at radius 1 is 0.512 bits per heavy atom. The maximum absolute atomic E-state index is 12.2. The van der Waals surface area contributed by atoms with E-state index in [1.165, 1.54) is 140 Å². The molecule has 240 valence electrons. The summed E-state index contributed by atoms with van der Waals surface area (Å²) in [5.74, 6) is 0. The number of unbranched alkanes of at least 4 members (excludes halogenated alkanes) is 22. The van der Waals surface area contributed by atoms with Crippen molar-refractivity contribution in [2.75, 3.05) is 0 Å². The first-order valence-electron chi connectivity index (χ1n) is 18.0. The van der Waals surface area contributed by atoms with E-state index in [1.807, 2.05) is 6.07 Å². The third-order valence-electron chi connectivity index (χ3n) is 9.02. The van der Waals surface area contributed by atoms with E-state index < -0.39 is 10.1 Å². The quantitative estimate of drug-likeness (QED) is 0.0557. The van der Waals surface area contributed by atoms with Gasteiger partial charge in [-0.2, -0.15) is 0 Å². The molecular formula is C38H63KO3S. The Morgan fingerprint density at radius 3 is 1.28 bits per heavy atom. The zero-order valence-electron chi connectivity index (χ0n) is 28.4. The minimum atomic E-state index is -4.51. The molecule has 0 radical (unpaired) electrons. The molecule has 2 aromatic carbocycles. The van der Waals surface area contributed by atoms with Crippen molar-refractivity contribution in [3.63, 3.8) is 0 Å². The Bertz CT molecular complexity index is 1070. The fraction of sp³-hybridized carbons (Fsp3) is 0.737. The van der Waals surface area contributed by atoms with Gasteiger partial charge in [0.2, 0.25) is 0 Å². The Balaban J connectivity index is 0.00000924. The molecule has 0 unspecified atom stereocenters. The summed E-state index contributed by atoms with van der Waals surface area (Å²) in [6.45, 7) is 4.53.